The number of methoxy groups -OCH3 is 1. The molecular formula is C27H35N3O4S. The van der Waals surface area contributed by atoms with E-state index in [0.717, 1.165) is 62.8 Å². The summed E-state index contributed by atoms with van der Waals surface area (Å²) < 4.78 is 9.04. The molecule has 1 saturated carbocycles. The maximum absolute atomic E-state index is 13.5. The Morgan fingerprint density at radius 3 is 2.66 bits per heavy atom. The van der Waals surface area contributed by atoms with Gasteiger partial charge in [0.2, 0.25) is 5.91 Å². The van der Waals surface area contributed by atoms with E-state index in [1.807, 2.05) is 35.7 Å². The summed E-state index contributed by atoms with van der Waals surface area (Å²) in [6.07, 6.45) is 6.59. The first-order valence-electron chi connectivity index (χ1n) is 12.6. The Kier molecular flexibility index (Phi) is 8.44. The number of hydrogen-bond acceptors (Lipinski definition) is 5. The monoisotopic (exact) mass is 497 g/mol. The quantitative estimate of drug-likeness (QED) is 0.421. The number of fused-ring (bicyclic) bond motifs is 1. The molecule has 35 heavy (non-hydrogen) atoms. The Bertz CT molecular complexity index is 1270. The molecule has 0 saturated heterocycles. The molecule has 0 spiro atoms. The minimum absolute atomic E-state index is 0.0362. The Balaban J connectivity index is 1.49. The lowest BCUT2D eigenvalue weighted by molar-refractivity contribution is -0.126. The van der Waals surface area contributed by atoms with Gasteiger partial charge >= 0.3 is 5.69 Å². The van der Waals surface area contributed by atoms with Crippen molar-refractivity contribution in [3.63, 3.8) is 0 Å². The fourth-order valence-electron chi connectivity index (χ4n) is 5.00. The van der Waals surface area contributed by atoms with E-state index in [9.17, 15) is 14.4 Å². The van der Waals surface area contributed by atoms with Crippen molar-refractivity contribution in [2.45, 2.75) is 65.0 Å². The van der Waals surface area contributed by atoms with Crippen molar-refractivity contribution in [3.05, 3.63) is 62.1 Å². The van der Waals surface area contributed by atoms with Crippen LogP contribution in [0.25, 0.3) is 10.2 Å². The topological polar surface area (TPSA) is 82.3 Å². The summed E-state index contributed by atoms with van der Waals surface area (Å²) in [5.41, 5.74) is 1.12. The van der Waals surface area contributed by atoms with Crippen molar-refractivity contribution in [1.29, 1.82) is 0 Å². The second-order valence-electron chi connectivity index (χ2n) is 9.49. The lowest BCUT2D eigenvalue weighted by atomic mass is 9.81. The Morgan fingerprint density at radius 1 is 1.11 bits per heavy atom. The van der Waals surface area contributed by atoms with Crippen LogP contribution in [0, 0.1) is 11.8 Å². The molecule has 1 fully saturated rings. The Hall–Kier alpha value is -2.87. The summed E-state index contributed by atoms with van der Waals surface area (Å²) in [6, 6.07) is 9.48. The molecule has 0 bridgehead atoms. The van der Waals surface area contributed by atoms with E-state index in [-0.39, 0.29) is 29.0 Å². The number of aromatic nitrogens is 2. The molecule has 0 radical (unpaired) electrons. The first-order valence-corrected chi connectivity index (χ1v) is 13.5. The average Bonchev–Trinajstić information content (AvgIpc) is 3.37. The molecule has 0 aliphatic heterocycles. The van der Waals surface area contributed by atoms with Crippen LogP contribution in [0.1, 0.15) is 57.4 Å². The molecule has 2 heterocycles. The van der Waals surface area contributed by atoms with Crippen LogP contribution in [0.2, 0.25) is 0 Å². The van der Waals surface area contributed by atoms with Gasteiger partial charge in [0, 0.05) is 19.0 Å². The van der Waals surface area contributed by atoms with E-state index >= 15 is 0 Å². The van der Waals surface area contributed by atoms with Gasteiger partial charge in [0.15, 0.2) is 0 Å². The number of unbranched alkanes of at least 4 members (excludes halogenated alkanes) is 2. The van der Waals surface area contributed by atoms with E-state index in [1.165, 1.54) is 15.9 Å². The minimum atomic E-state index is -0.278. The van der Waals surface area contributed by atoms with Gasteiger partial charge in [0.1, 0.15) is 10.4 Å². The molecule has 7 nitrogen and oxygen atoms in total. The van der Waals surface area contributed by atoms with E-state index < -0.39 is 0 Å². The summed E-state index contributed by atoms with van der Waals surface area (Å²) >= 11 is 1.38. The standard InChI is InChI=1S/C27H35N3O4S/c1-3-4-5-14-28-25(31)21-11-9-19(10-12-21)17-30-26(32)24-23(13-15-35-24)29(27(30)33)18-20-7-6-8-22(16-20)34-2/h6-8,13,15-16,19,21H,3-5,9-12,14,17-18H2,1-2H3,(H,28,31). The van der Waals surface area contributed by atoms with Crippen LogP contribution in [-0.4, -0.2) is 28.7 Å². The van der Waals surface area contributed by atoms with Crippen LogP contribution in [0.15, 0.2) is 45.3 Å². The van der Waals surface area contributed by atoms with Crippen molar-refractivity contribution in [2.75, 3.05) is 13.7 Å². The molecule has 1 aliphatic rings. The molecule has 2 aromatic heterocycles. The average molecular weight is 498 g/mol. The summed E-state index contributed by atoms with van der Waals surface area (Å²) in [4.78, 5) is 39.2. The zero-order valence-corrected chi connectivity index (χ0v) is 21.4. The van der Waals surface area contributed by atoms with Gasteiger partial charge in [0.25, 0.3) is 5.56 Å². The Labute approximate surface area is 209 Å². The molecular weight excluding hydrogens is 462 g/mol. The first kappa shape index (κ1) is 25.2. The maximum Gasteiger partial charge on any atom is 0.331 e. The molecule has 4 rings (SSSR count). The fraction of sp³-hybridized carbons (Fsp3) is 0.519. The van der Waals surface area contributed by atoms with Crippen LogP contribution in [0.3, 0.4) is 0 Å². The van der Waals surface area contributed by atoms with E-state index in [4.69, 9.17) is 4.74 Å². The second kappa shape index (κ2) is 11.7. The molecule has 3 aromatic rings. The number of nitrogens with one attached hydrogen (secondary N) is 1. The van der Waals surface area contributed by atoms with E-state index in [1.54, 1.807) is 11.7 Å². The van der Waals surface area contributed by atoms with Gasteiger partial charge < -0.3 is 10.1 Å². The van der Waals surface area contributed by atoms with Crippen molar-refractivity contribution in [3.8, 4) is 5.75 Å². The van der Waals surface area contributed by atoms with Gasteiger partial charge in [-0.15, -0.1) is 11.3 Å². The summed E-state index contributed by atoms with van der Waals surface area (Å²) in [5.74, 6) is 1.13. The van der Waals surface area contributed by atoms with E-state index in [2.05, 4.69) is 12.2 Å². The number of hydrogen-bond donors (Lipinski definition) is 1. The van der Waals surface area contributed by atoms with Crippen molar-refractivity contribution in [1.82, 2.24) is 14.5 Å². The highest BCUT2D eigenvalue weighted by atomic mass is 32.1. The normalized spacial score (nSPS) is 18.0. The molecule has 1 N–H and O–H groups in total. The van der Waals surface area contributed by atoms with Crippen LogP contribution in [-0.2, 0) is 17.9 Å². The summed E-state index contributed by atoms with van der Waals surface area (Å²) in [5, 5.41) is 4.93. The Morgan fingerprint density at radius 2 is 1.91 bits per heavy atom. The summed E-state index contributed by atoms with van der Waals surface area (Å²) in [6.45, 7) is 3.66. The van der Waals surface area contributed by atoms with Crippen molar-refractivity contribution in [2.24, 2.45) is 11.8 Å². The highest BCUT2D eigenvalue weighted by Gasteiger charge is 2.27. The number of carbonyl (C=O) groups is 1. The second-order valence-corrected chi connectivity index (χ2v) is 10.4. The fourth-order valence-corrected chi connectivity index (χ4v) is 5.84. The number of rotatable bonds is 10. The SMILES string of the molecule is CCCCCNC(=O)C1CCC(Cn2c(=O)c3sccc3n(Cc3cccc(OC)c3)c2=O)CC1. The first-order chi connectivity index (χ1) is 17.0. The molecule has 188 valence electrons. The van der Waals surface area contributed by atoms with Crippen molar-refractivity contribution < 1.29 is 9.53 Å². The van der Waals surface area contributed by atoms with Crippen LogP contribution >= 0.6 is 11.3 Å². The maximum atomic E-state index is 13.5. The van der Waals surface area contributed by atoms with Gasteiger partial charge in [-0.05, 0) is 67.2 Å². The largest absolute Gasteiger partial charge is 0.497 e. The van der Waals surface area contributed by atoms with Gasteiger partial charge in [-0.1, -0.05) is 31.9 Å². The van der Waals surface area contributed by atoms with E-state index in [0.29, 0.717) is 23.3 Å². The number of amides is 1. The number of nitrogens with zero attached hydrogens (tertiary/aromatic N) is 2. The predicted octanol–water partition coefficient (Wildman–Crippen LogP) is 4.39. The zero-order valence-electron chi connectivity index (χ0n) is 20.6. The number of carbonyl (C=O) groups excluding carboxylic acids is 1. The minimum Gasteiger partial charge on any atom is -0.497 e. The molecule has 1 amide bonds. The molecule has 0 unspecified atom stereocenters. The number of benzene rings is 1. The van der Waals surface area contributed by atoms with Gasteiger partial charge in [-0.2, -0.15) is 0 Å². The smallest absolute Gasteiger partial charge is 0.331 e. The molecule has 0 atom stereocenters. The van der Waals surface area contributed by atoms with Gasteiger partial charge in [-0.3, -0.25) is 18.7 Å². The number of thiophene rings is 1. The summed E-state index contributed by atoms with van der Waals surface area (Å²) in [7, 11) is 1.62. The molecule has 1 aromatic carbocycles. The highest BCUT2D eigenvalue weighted by Crippen LogP contribution is 2.30. The third kappa shape index (κ3) is 5.86. The van der Waals surface area contributed by atoms with Crippen LogP contribution in [0.5, 0.6) is 5.75 Å². The van der Waals surface area contributed by atoms with Crippen LogP contribution in [0.4, 0.5) is 0 Å². The molecule has 8 heteroatoms. The third-order valence-electron chi connectivity index (χ3n) is 7.05. The number of ether oxygens (including phenoxy) is 1. The lowest BCUT2D eigenvalue weighted by Gasteiger charge is -2.28. The highest BCUT2D eigenvalue weighted by molar-refractivity contribution is 7.17. The zero-order chi connectivity index (χ0) is 24.8. The third-order valence-corrected chi connectivity index (χ3v) is 7.94. The van der Waals surface area contributed by atoms with Crippen LogP contribution < -0.4 is 21.3 Å². The molecule has 1 aliphatic carbocycles. The predicted molar refractivity (Wildman–Crippen MR) is 140 cm³/mol. The van der Waals surface area contributed by atoms with Gasteiger partial charge in [-0.25, -0.2) is 4.79 Å². The lowest BCUT2D eigenvalue weighted by Crippen LogP contribution is -2.42. The van der Waals surface area contributed by atoms with Gasteiger partial charge in [0.05, 0.1) is 19.2 Å². The van der Waals surface area contributed by atoms with Crippen molar-refractivity contribution >= 4 is 27.5 Å².